The molecule has 6 heteroatoms. The van der Waals surface area contributed by atoms with E-state index < -0.39 is 26.1 Å². The molecule has 2 unspecified atom stereocenters. The van der Waals surface area contributed by atoms with Gasteiger partial charge < -0.3 is 10.2 Å². The number of benzene rings is 1. The molecule has 5 nitrogen and oxygen atoms in total. The molecule has 0 aromatic heterocycles. The number of carboxylic acid groups (broad SMARTS) is 1. The summed E-state index contributed by atoms with van der Waals surface area (Å²) in [5.41, 5.74) is 6.17. The molecule has 0 radical (unpaired) electrons. The van der Waals surface area contributed by atoms with Gasteiger partial charge in [-0.25, -0.2) is 9.69 Å². The maximum atomic E-state index is 12.2. The van der Waals surface area contributed by atoms with E-state index in [0.29, 0.717) is 6.42 Å². The van der Waals surface area contributed by atoms with Crippen LogP contribution < -0.4 is 0 Å². The normalized spacial score (nSPS) is 23.7. The number of likely N-dealkylation sites (tertiary alicyclic amines) is 1. The third-order valence-electron chi connectivity index (χ3n) is 4.40. The number of aliphatic hydroxyl groups excluding tert-OH is 1. The third-order valence-corrected chi connectivity index (χ3v) is 5.27. The van der Waals surface area contributed by atoms with Gasteiger partial charge in [0, 0.05) is 11.5 Å². The Hall–Kier alpha value is -2.52. The van der Waals surface area contributed by atoms with E-state index >= 15 is 0 Å². The number of imide groups is 1. The second-order valence-corrected chi connectivity index (χ2v) is 11.9. The summed E-state index contributed by atoms with van der Waals surface area (Å²) in [4.78, 5) is 24.6. The summed E-state index contributed by atoms with van der Waals surface area (Å²) >= 11 is 0. The fourth-order valence-electron chi connectivity index (χ4n) is 3.41. The molecule has 1 fully saturated rings. The Morgan fingerprint density at radius 1 is 1.38 bits per heavy atom. The quantitative estimate of drug-likeness (QED) is 0.329. The van der Waals surface area contributed by atoms with Crippen LogP contribution >= 0.6 is 0 Å². The summed E-state index contributed by atoms with van der Waals surface area (Å²) in [6.07, 6.45) is -0.0287. The highest BCUT2D eigenvalue weighted by Gasteiger charge is 2.52. The predicted molar refractivity (Wildman–Crippen MR) is 92.2 cm³/mol. The number of fused-ring (bicyclic) bond motifs is 3. The Morgan fingerprint density at radius 3 is 2.67 bits per heavy atom. The first kappa shape index (κ1) is 16.3. The van der Waals surface area contributed by atoms with Crippen molar-refractivity contribution in [2.45, 2.75) is 32.1 Å². The molecule has 0 bridgehead atoms. The van der Waals surface area contributed by atoms with E-state index in [9.17, 15) is 19.8 Å². The van der Waals surface area contributed by atoms with Crippen molar-refractivity contribution in [3.8, 4) is 11.5 Å². The Morgan fingerprint density at radius 2 is 2.08 bits per heavy atom. The first-order valence-corrected chi connectivity index (χ1v) is 11.3. The monoisotopic (exact) mass is 341 g/mol. The lowest BCUT2D eigenvalue weighted by Gasteiger charge is -2.19. The van der Waals surface area contributed by atoms with Crippen LogP contribution in [0.2, 0.25) is 19.6 Å². The molecular weight excluding hydrogens is 322 g/mol. The van der Waals surface area contributed by atoms with Gasteiger partial charge in [0.2, 0.25) is 0 Å². The van der Waals surface area contributed by atoms with Crippen molar-refractivity contribution in [3.05, 3.63) is 46.7 Å². The molecule has 3 rings (SSSR count). The minimum atomic E-state index is -1.53. The van der Waals surface area contributed by atoms with Gasteiger partial charge >= 0.3 is 6.09 Å². The number of hydrogen-bond donors (Lipinski definition) is 2. The van der Waals surface area contributed by atoms with Crippen molar-refractivity contribution >= 4 is 20.1 Å². The molecule has 2 amide bonds. The summed E-state index contributed by atoms with van der Waals surface area (Å²) in [5, 5.41) is 18.8. The molecule has 1 aliphatic carbocycles. The van der Waals surface area contributed by atoms with Gasteiger partial charge in [-0.3, -0.25) is 4.79 Å². The standard InChI is InChI=1S/C18H19NO4Si/c1-24(2,3)8-7-11-5-4-6-12-13(11)9-14-15(10-20)17(21)19(16(12)14)18(22)23/h4-6,10,14,16,20H,9H2,1-3H3,(H,22,23). The molecule has 1 aromatic carbocycles. The highest BCUT2D eigenvalue weighted by atomic mass is 28.3. The van der Waals surface area contributed by atoms with Gasteiger partial charge in [0.05, 0.1) is 17.9 Å². The van der Waals surface area contributed by atoms with Gasteiger partial charge in [0.25, 0.3) is 5.91 Å². The van der Waals surface area contributed by atoms with Gasteiger partial charge in [-0.1, -0.05) is 37.7 Å². The Bertz CT molecular complexity index is 826. The third kappa shape index (κ3) is 2.51. The second-order valence-electron chi connectivity index (χ2n) is 7.17. The smallest absolute Gasteiger partial charge is 0.414 e. The topological polar surface area (TPSA) is 77.8 Å². The Balaban J connectivity index is 2.12. The number of aliphatic hydroxyl groups is 1. The predicted octanol–water partition coefficient (Wildman–Crippen LogP) is 3.09. The van der Waals surface area contributed by atoms with Gasteiger partial charge in [-0.2, -0.15) is 0 Å². The molecule has 124 valence electrons. The maximum Gasteiger partial charge on any atom is 0.414 e. The zero-order valence-electron chi connectivity index (χ0n) is 13.8. The van der Waals surface area contributed by atoms with E-state index in [4.69, 9.17) is 0 Å². The van der Waals surface area contributed by atoms with Crippen molar-refractivity contribution in [2.75, 3.05) is 0 Å². The lowest BCUT2D eigenvalue weighted by atomic mass is 9.97. The van der Waals surface area contributed by atoms with Crippen molar-refractivity contribution < 1.29 is 19.8 Å². The fourth-order valence-corrected chi connectivity index (χ4v) is 3.92. The minimum absolute atomic E-state index is 0.155. The summed E-state index contributed by atoms with van der Waals surface area (Å²) in [5.74, 6) is 2.26. The van der Waals surface area contributed by atoms with Crippen LogP contribution in [0.4, 0.5) is 4.79 Å². The van der Waals surface area contributed by atoms with Crippen LogP contribution in [0.1, 0.15) is 22.7 Å². The number of amides is 2. The largest absolute Gasteiger partial charge is 0.515 e. The van der Waals surface area contributed by atoms with Crippen LogP contribution in [0.3, 0.4) is 0 Å². The minimum Gasteiger partial charge on any atom is -0.515 e. The molecule has 2 N–H and O–H groups in total. The second kappa shape index (κ2) is 5.53. The lowest BCUT2D eigenvalue weighted by Crippen LogP contribution is -2.33. The number of carbonyl (C=O) groups is 2. The SMILES string of the molecule is C[Si](C)(C)C#Cc1cccc2c1CC1C(=CO)C(=O)N(C(=O)O)C21. The van der Waals surface area contributed by atoms with Crippen molar-refractivity contribution in [1.29, 1.82) is 0 Å². The van der Waals surface area contributed by atoms with Crippen molar-refractivity contribution in [3.63, 3.8) is 0 Å². The molecule has 2 aliphatic rings. The summed E-state index contributed by atoms with van der Waals surface area (Å²) in [7, 11) is -1.53. The fraction of sp³-hybridized carbons (Fsp3) is 0.333. The number of carbonyl (C=O) groups excluding carboxylic acids is 1. The van der Waals surface area contributed by atoms with Gasteiger partial charge in [0.15, 0.2) is 0 Å². The first-order chi connectivity index (χ1) is 11.2. The van der Waals surface area contributed by atoms with Crippen LogP contribution in [0, 0.1) is 17.4 Å². The highest BCUT2D eigenvalue weighted by Crippen LogP contribution is 2.50. The number of hydrogen-bond acceptors (Lipinski definition) is 3. The Labute approximate surface area is 141 Å². The summed E-state index contributed by atoms with van der Waals surface area (Å²) in [6.45, 7) is 6.49. The first-order valence-electron chi connectivity index (χ1n) is 7.80. The molecule has 24 heavy (non-hydrogen) atoms. The van der Waals surface area contributed by atoms with E-state index in [1.165, 1.54) is 0 Å². The van der Waals surface area contributed by atoms with Gasteiger partial charge in [-0.15, -0.1) is 5.54 Å². The molecule has 1 aliphatic heterocycles. The van der Waals surface area contributed by atoms with Crippen LogP contribution in [0.5, 0.6) is 0 Å². The molecule has 1 saturated heterocycles. The van der Waals surface area contributed by atoms with E-state index in [1.807, 2.05) is 18.2 Å². The number of rotatable bonds is 0. The van der Waals surface area contributed by atoms with Crippen molar-refractivity contribution in [1.82, 2.24) is 4.90 Å². The van der Waals surface area contributed by atoms with Crippen molar-refractivity contribution in [2.24, 2.45) is 5.92 Å². The van der Waals surface area contributed by atoms with E-state index in [0.717, 1.165) is 27.9 Å². The van der Waals surface area contributed by atoms with Crippen LogP contribution in [0.25, 0.3) is 0 Å². The van der Waals surface area contributed by atoms with Crippen LogP contribution in [0.15, 0.2) is 30.0 Å². The molecule has 2 atom stereocenters. The average Bonchev–Trinajstić information content (AvgIpc) is 2.97. The zero-order valence-corrected chi connectivity index (χ0v) is 14.8. The van der Waals surface area contributed by atoms with E-state index in [-0.39, 0.29) is 11.5 Å². The summed E-state index contributed by atoms with van der Waals surface area (Å²) < 4.78 is 0. The summed E-state index contributed by atoms with van der Waals surface area (Å²) in [6, 6.07) is 5.06. The van der Waals surface area contributed by atoms with Gasteiger partial charge in [0.1, 0.15) is 8.07 Å². The molecule has 0 spiro atoms. The zero-order chi connectivity index (χ0) is 17.6. The number of nitrogens with zero attached hydrogens (tertiary/aromatic N) is 1. The lowest BCUT2D eigenvalue weighted by molar-refractivity contribution is -0.124. The van der Waals surface area contributed by atoms with Crippen LogP contribution in [-0.4, -0.2) is 35.2 Å². The van der Waals surface area contributed by atoms with Crippen LogP contribution in [-0.2, 0) is 11.2 Å². The molecule has 0 saturated carbocycles. The molecule has 1 aromatic rings. The maximum absolute atomic E-state index is 12.2. The van der Waals surface area contributed by atoms with E-state index in [1.54, 1.807) is 0 Å². The van der Waals surface area contributed by atoms with Gasteiger partial charge in [-0.05, 0) is 23.6 Å². The molecule has 1 heterocycles. The highest BCUT2D eigenvalue weighted by molar-refractivity contribution is 6.83. The average molecular weight is 341 g/mol. The van der Waals surface area contributed by atoms with E-state index in [2.05, 4.69) is 31.1 Å². The molecular formula is C18H19NO4Si. The Kier molecular flexibility index (Phi) is 3.77.